The molecule has 5 aromatic rings. The number of halogens is 1. The molecule has 0 aliphatic rings. The van der Waals surface area contributed by atoms with Crippen LogP contribution in [0.15, 0.2) is 97.3 Å². The quantitative estimate of drug-likeness (QED) is 0.326. The highest BCUT2D eigenvalue weighted by Gasteiger charge is 2.23. The Hall–Kier alpha value is -3.43. The number of benzene rings is 3. The van der Waals surface area contributed by atoms with Crippen LogP contribution in [0.1, 0.15) is 5.56 Å². The van der Waals surface area contributed by atoms with Crippen molar-refractivity contribution in [1.82, 2.24) is 14.5 Å². The number of rotatable bonds is 4. The predicted molar refractivity (Wildman–Crippen MR) is 119 cm³/mol. The first kappa shape index (κ1) is 17.7. The Morgan fingerprint density at radius 1 is 0.690 bits per heavy atom. The van der Waals surface area contributed by atoms with Crippen LogP contribution in [0.25, 0.3) is 33.4 Å². The minimum atomic E-state index is 0.470. The number of hydrogen-bond donors (Lipinski definition) is 0. The molecule has 0 fully saturated rings. The Balaban J connectivity index is 1.89. The van der Waals surface area contributed by atoms with Gasteiger partial charge in [-0.1, -0.05) is 103 Å². The number of nitrogens with zero attached hydrogens (tertiary/aromatic N) is 3. The van der Waals surface area contributed by atoms with Crippen LogP contribution in [-0.4, -0.2) is 14.5 Å². The van der Waals surface area contributed by atoms with Crippen molar-refractivity contribution < 1.29 is 0 Å². The van der Waals surface area contributed by atoms with Crippen molar-refractivity contribution in [3.05, 3.63) is 108 Å². The van der Waals surface area contributed by atoms with Gasteiger partial charge in [0, 0.05) is 12.1 Å². The molecule has 0 saturated carbocycles. The Labute approximate surface area is 174 Å². The topological polar surface area (TPSA) is 30.7 Å². The summed E-state index contributed by atoms with van der Waals surface area (Å²) in [7, 11) is 0. The van der Waals surface area contributed by atoms with Crippen molar-refractivity contribution in [3.8, 4) is 22.4 Å². The van der Waals surface area contributed by atoms with Gasteiger partial charge in [-0.15, -0.1) is 0 Å². The highest BCUT2D eigenvalue weighted by Crippen LogP contribution is 2.42. The Morgan fingerprint density at radius 2 is 1.28 bits per heavy atom. The molecule has 0 spiro atoms. The van der Waals surface area contributed by atoms with E-state index < -0.39 is 0 Å². The van der Waals surface area contributed by atoms with Crippen LogP contribution in [0.3, 0.4) is 0 Å². The van der Waals surface area contributed by atoms with Gasteiger partial charge in [-0.2, -0.15) is 0 Å². The average Bonchev–Trinajstić information content (AvgIpc) is 3.11. The number of fused-ring (bicyclic) bond motifs is 1. The fourth-order valence-electron chi connectivity index (χ4n) is 3.84. The molecule has 3 nitrogen and oxygen atoms in total. The van der Waals surface area contributed by atoms with E-state index in [0.717, 1.165) is 33.4 Å². The van der Waals surface area contributed by atoms with Crippen LogP contribution >= 0.6 is 11.6 Å². The molecule has 0 amide bonds. The lowest BCUT2D eigenvalue weighted by molar-refractivity contribution is 0.832. The van der Waals surface area contributed by atoms with Crippen LogP contribution in [0.2, 0.25) is 5.15 Å². The summed E-state index contributed by atoms with van der Waals surface area (Å²) < 4.78 is 2.25. The highest BCUT2D eigenvalue weighted by molar-refractivity contribution is 6.35. The zero-order valence-electron chi connectivity index (χ0n) is 15.7. The molecule has 140 valence electrons. The van der Waals surface area contributed by atoms with Gasteiger partial charge in [0.2, 0.25) is 0 Å². The molecule has 2 heterocycles. The lowest BCUT2D eigenvalue weighted by Gasteiger charge is -2.13. The summed E-state index contributed by atoms with van der Waals surface area (Å²) in [5, 5.41) is 1.35. The summed E-state index contributed by atoms with van der Waals surface area (Å²) in [5.41, 5.74) is 6.42. The molecule has 0 N–H and O–H groups in total. The van der Waals surface area contributed by atoms with Gasteiger partial charge in [0.05, 0.1) is 11.1 Å². The van der Waals surface area contributed by atoms with Gasteiger partial charge in [0.15, 0.2) is 0 Å². The van der Waals surface area contributed by atoms with E-state index in [0.29, 0.717) is 11.7 Å². The van der Waals surface area contributed by atoms with Gasteiger partial charge in [-0.05, 0) is 16.7 Å². The summed E-state index contributed by atoms with van der Waals surface area (Å²) in [5.74, 6) is 0. The largest absolute Gasteiger partial charge is 0.320 e. The molecule has 5 rings (SSSR count). The molecular formula is C25H18ClN3. The van der Waals surface area contributed by atoms with E-state index in [4.69, 9.17) is 11.6 Å². The van der Waals surface area contributed by atoms with Crippen molar-refractivity contribution in [2.45, 2.75) is 6.54 Å². The highest BCUT2D eigenvalue weighted by atomic mass is 35.5. The molecule has 0 unspecified atom stereocenters. The molecular weight excluding hydrogens is 378 g/mol. The van der Waals surface area contributed by atoms with Gasteiger partial charge in [0.25, 0.3) is 0 Å². The lowest BCUT2D eigenvalue weighted by Crippen LogP contribution is -2.03. The average molecular weight is 396 g/mol. The summed E-state index contributed by atoms with van der Waals surface area (Å²) in [4.78, 5) is 8.93. The SMILES string of the molecule is Clc1ncnc2c1c(-c1ccccc1)c(-c1ccccc1)n2Cc1ccccc1. The first-order valence-electron chi connectivity index (χ1n) is 9.50. The number of hydrogen-bond acceptors (Lipinski definition) is 2. The van der Waals surface area contributed by atoms with E-state index in [1.165, 1.54) is 11.9 Å². The van der Waals surface area contributed by atoms with Crippen LogP contribution in [0, 0.1) is 0 Å². The summed E-state index contributed by atoms with van der Waals surface area (Å²) in [6, 6.07) is 31.1. The lowest BCUT2D eigenvalue weighted by atomic mass is 9.99. The van der Waals surface area contributed by atoms with E-state index in [1.54, 1.807) is 0 Å². The monoisotopic (exact) mass is 395 g/mol. The van der Waals surface area contributed by atoms with E-state index in [-0.39, 0.29) is 0 Å². The van der Waals surface area contributed by atoms with Crippen molar-refractivity contribution in [2.24, 2.45) is 0 Å². The summed E-state index contributed by atoms with van der Waals surface area (Å²) >= 11 is 6.62. The maximum absolute atomic E-state index is 6.62. The zero-order valence-corrected chi connectivity index (χ0v) is 16.4. The maximum atomic E-state index is 6.62. The molecule has 0 radical (unpaired) electrons. The molecule has 0 saturated heterocycles. The van der Waals surface area contributed by atoms with E-state index in [9.17, 15) is 0 Å². The fraction of sp³-hybridized carbons (Fsp3) is 0.0400. The van der Waals surface area contributed by atoms with Crippen LogP contribution in [0.5, 0.6) is 0 Å². The molecule has 2 aromatic heterocycles. The Bertz CT molecular complexity index is 1260. The smallest absolute Gasteiger partial charge is 0.146 e. The van der Waals surface area contributed by atoms with Crippen molar-refractivity contribution in [3.63, 3.8) is 0 Å². The van der Waals surface area contributed by atoms with Crippen LogP contribution in [-0.2, 0) is 6.54 Å². The zero-order chi connectivity index (χ0) is 19.6. The van der Waals surface area contributed by atoms with Crippen LogP contribution < -0.4 is 0 Å². The molecule has 29 heavy (non-hydrogen) atoms. The van der Waals surface area contributed by atoms with E-state index >= 15 is 0 Å². The van der Waals surface area contributed by atoms with Gasteiger partial charge in [-0.3, -0.25) is 0 Å². The predicted octanol–water partition coefficient (Wildman–Crippen LogP) is 6.47. The minimum Gasteiger partial charge on any atom is -0.320 e. The number of aromatic nitrogens is 3. The van der Waals surface area contributed by atoms with Gasteiger partial charge in [0.1, 0.15) is 17.1 Å². The summed E-state index contributed by atoms with van der Waals surface area (Å²) in [6.45, 7) is 0.696. The van der Waals surface area contributed by atoms with Gasteiger partial charge >= 0.3 is 0 Å². The molecule has 0 aliphatic heterocycles. The van der Waals surface area contributed by atoms with E-state index in [1.807, 2.05) is 30.3 Å². The van der Waals surface area contributed by atoms with Gasteiger partial charge < -0.3 is 4.57 Å². The summed E-state index contributed by atoms with van der Waals surface area (Å²) in [6.07, 6.45) is 1.54. The molecule has 3 aromatic carbocycles. The Morgan fingerprint density at radius 3 is 1.93 bits per heavy atom. The second kappa shape index (κ2) is 7.53. The van der Waals surface area contributed by atoms with E-state index in [2.05, 4.69) is 75.2 Å². The van der Waals surface area contributed by atoms with Crippen molar-refractivity contribution in [1.29, 1.82) is 0 Å². The Kier molecular flexibility index (Phi) is 4.59. The maximum Gasteiger partial charge on any atom is 0.146 e. The third-order valence-electron chi connectivity index (χ3n) is 5.09. The van der Waals surface area contributed by atoms with Crippen molar-refractivity contribution >= 4 is 22.6 Å². The second-order valence-corrected chi connectivity index (χ2v) is 7.25. The third-order valence-corrected chi connectivity index (χ3v) is 5.37. The third kappa shape index (κ3) is 3.20. The normalized spacial score (nSPS) is 11.1. The molecule has 0 aliphatic carbocycles. The molecule has 0 atom stereocenters. The first-order valence-corrected chi connectivity index (χ1v) is 9.88. The minimum absolute atomic E-state index is 0.470. The standard InChI is InChI=1S/C25H18ClN3/c26-24-22-21(19-12-6-2-7-13-19)23(20-14-8-3-9-15-20)29(25(22)28-17-27-24)16-18-10-4-1-5-11-18/h1-15,17H,16H2. The molecule has 4 heteroatoms. The van der Waals surface area contributed by atoms with Crippen LogP contribution in [0.4, 0.5) is 0 Å². The van der Waals surface area contributed by atoms with Crippen molar-refractivity contribution in [2.75, 3.05) is 0 Å². The molecule has 0 bridgehead atoms. The second-order valence-electron chi connectivity index (χ2n) is 6.89. The fourth-order valence-corrected chi connectivity index (χ4v) is 4.06. The van der Waals surface area contributed by atoms with Gasteiger partial charge in [-0.25, -0.2) is 9.97 Å². The first-order chi connectivity index (χ1) is 14.3.